The average Bonchev–Trinajstić information content (AvgIpc) is 2.78. The van der Waals surface area contributed by atoms with Crippen LogP contribution in [0.15, 0.2) is 12.1 Å². The molecule has 0 aliphatic carbocycles. The Labute approximate surface area is 129 Å². The van der Waals surface area contributed by atoms with Crippen LogP contribution in [0.4, 0.5) is 0 Å². The highest BCUT2D eigenvalue weighted by molar-refractivity contribution is 5.48. The molecule has 0 amide bonds. The van der Waals surface area contributed by atoms with Crippen molar-refractivity contribution in [2.45, 2.75) is 53.7 Å². The van der Waals surface area contributed by atoms with Gasteiger partial charge >= 0.3 is 0 Å². The molecule has 2 unspecified atom stereocenters. The standard InChI is InChI=1S/C18H29NO2/c1-6-20-17-8-15-7-14(5)21-18(15)9-16(17)11-19-10-13(4)12(2)3/h8-9,12-14,19H,6-7,10-11H2,1-5H3. The third-order valence-electron chi connectivity index (χ3n) is 4.30. The molecule has 1 aliphatic rings. The molecule has 0 radical (unpaired) electrons. The molecule has 1 heterocycles. The monoisotopic (exact) mass is 291 g/mol. The zero-order valence-electron chi connectivity index (χ0n) is 14.0. The smallest absolute Gasteiger partial charge is 0.124 e. The van der Waals surface area contributed by atoms with Gasteiger partial charge in [-0.25, -0.2) is 0 Å². The van der Waals surface area contributed by atoms with Crippen molar-refractivity contribution in [2.24, 2.45) is 11.8 Å². The van der Waals surface area contributed by atoms with E-state index in [-0.39, 0.29) is 6.10 Å². The summed E-state index contributed by atoms with van der Waals surface area (Å²) in [5, 5.41) is 3.55. The normalized spacial score (nSPS) is 18.5. The van der Waals surface area contributed by atoms with Crippen molar-refractivity contribution in [3.63, 3.8) is 0 Å². The number of rotatable bonds is 7. The van der Waals surface area contributed by atoms with Crippen molar-refractivity contribution in [3.8, 4) is 11.5 Å². The molecular formula is C18H29NO2. The molecule has 21 heavy (non-hydrogen) atoms. The van der Waals surface area contributed by atoms with Gasteiger partial charge in [-0.1, -0.05) is 20.8 Å². The van der Waals surface area contributed by atoms with Crippen molar-refractivity contribution in [1.29, 1.82) is 0 Å². The van der Waals surface area contributed by atoms with E-state index < -0.39 is 0 Å². The first-order valence-electron chi connectivity index (χ1n) is 8.17. The van der Waals surface area contributed by atoms with E-state index in [9.17, 15) is 0 Å². The van der Waals surface area contributed by atoms with Crippen molar-refractivity contribution < 1.29 is 9.47 Å². The van der Waals surface area contributed by atoms with Gasteiger partial charge in [-0.3, -0.25) is 0 Å². The van der Waals surface area contributed by atoms with Crippen LogP contribution in [-0.2, 0) is 13.0 Å². The van der Waals surface area contributed by atoms with Crippen molar-refractivity contribution in [2.75, 3.05) is 13.2 Å². The maximum atomic E-state index is 5.86. The van der Waals surface area contributed by atoms with Crippen molar-refractivity contribution >= 4 is 0 Å². The number of ether oxygens (including phenoxy) is 2. The van der Waals surface area contributed by atoms with Crippen LogP contribution in [-0.4, -0.2) is 19.3 Å². The third kappa shape index (κ3) is 4.13. The fourth-order valence-corrected chi connectivity index (χ4v) is 2.58. The predicted molar refractivity (Wildman–Crippen MR) is 87.1 cm³/mol. The summed E-state index contributed by atoms with van der Waals surface area (Å²) in [5.41, 5.74) is 2.46. The SMILES string of the molecule is CCOc1cc2c(cc1CNCC(C)C(C)C)OC(C)C2. The number of hydrogen-bond donors (Lipinski definition) is 1. The predicted octanol–water partition coefficient (Wildman–Crippen LogP) is 3.79. The summed E-state index contributed by atoms with van der Waals surface area (Å²) >= 11 is 0. The topological polar surface area (TPSA) is 30.5 Å². The van der Waals surface area contributed by atoms with Gasteiger partial charge in [-0.05, 0) is 44.4 Å². The van der Waals surface area contributed by atoms with E-state index in [0.29, 0.717) is 18.4 Å². The quantitative estimate of drug-likeness (QED) is 0.829. The van der Waals surface area contributed by atoms with Gasteiger partial charge in [0.25, 0.3) is 0 Å². The van der Waals surface area contributed by atoms with Crippen LogP contribution in [0.3, 0.4) is 0 Å². The van der Waals surface area contributed by atoms with E-state index in [2.05, 4.69) is 45.1 Å². The molecule has 2 rings (SSSR count). The van der Waals surface area contributed by atoms with Crippen LogP contribution in [0, 0.1) is 11.8 Å². The van der Waals surface area contributed by atoms with E-state index in [4.69, 9.17) is 9.47 Å². The zero-order chi connectivity index (χ0) is 15.4. The maximum Gasteiger partial charge on any atom is 0.124 e. The summed E-state index contributed by atoms with van der Waals surface area (Å²) < 4.78 is 11.7. The fraction of sp³-hybridized carbons (Fsp3) is 0.667. The summed E-state index contributed by atoms with van der Waals surface area (Å²) in [7, 11) is 0. The molecule has 3 nitrogen and oxygen atoms in total. The van der Waals surface area contributed by atoms with E-state index in [1.165, 1.54) is 11.1 Å². The molecule has 1 aromatic carbocycles. The Hall–Kier alpha value is -1.22. The summed E-state index contributed by atoms with van der Waals surface area (Å²) in [6.07, 6.45) is 1.26. The molecule has 0 fully saturated rings. The van der Waals surface area contributed by atoms with Crippen LogP contribution in [0.2, 0.25) is 0 Å². The largest absolute Gasteiger partial charge is 0.494 e. The van der Waals surface area contributed by atoms with Gasteiger partial charge in [-0.2, -0.15) is 0 Å². The Kier molecular flexibility index (Phi) is 5.51. The first kappa shape index (κ1) is 16.2. The van der Waals surface area contributed by atoms with Crippen LogP contribution < -0.4 is 14.8 Å². The minimum absolute atomic E-state index is 0.277. The van der Waals surface area contributed by atoms with Gasteiger partial charge < -0.3 is 14.8 Å². The molecule has 0 saturated carbocycles. The highest BCUT2D eigenvalue weighted by Crippen LogP contribution is 2.35. The summed E-state index contributed by atoms with van der Waals surface area (Å²) in [6, 6.07) is 4.31. The van der Waals surface area contributed by atoms with E-state index in [1.807, 2.05) is 6.92 Å². The lowest BCUT2D eigenvalue weighted by atomic mass is 9.98. The van der Waals surface area contributed by atoms with Crippen LogP contribution >= 0.6 is 0 Å². The molecule has 3 heteroatoms. The van der Waals surface area contributed by atoms with Crippen molar-refractivity contribution in [3.05, 3.63) is 23.3 Å². The lowest BCUT2D eigenvalue weighted by Gasteiger charge is -2.17. The maximum absolute atomic E-state index is 5.86. The molecular weight excluding hydrogens is 262 g/mol. The average molecular weight is 291 g/mol. The van der Waals surface area contributed by atoms with Gasteiger partial charge in [0.1, 0.15) is 17.6 Å². The van der Waals surface area contributed by atoms with Gasteiger partial charge in [0.2, 0.25) is 0 Å². The molecule has 0 spiro atoms. The van der Waals surface area contributed by atoms with Gasteiger partial charge in [-0.15, -0.1) is 0 Å². The second-order valence-corrected chi connectivity index (χ2v) is 6.49. The van der Waals surface area contributed by atoms with Gasteiger partial charge in [0, 0.05) is 24.1 Å². The number of nitrogens with one attached hydrogen (secondary N) is 1. The van der Waals surface area contributed by atoms with Crippen LogP contribution in [0.1, 0.15) is 45.7 Å². The minimum atomic E-state index is 0.277. The summed E-state index contributed by atoms with van der Waals surface area (Å²) in [5.74, 6) is 3.40. The Balaban J connectivity index is 2.05. The molecule has 2 atom stereocenters. The van der Waals surface area contributed by atoms with Crippen LogP contribution in [0.5, 0.6) is 11.5 Å². The number of fused-ring (bicyclic) bond motifs is 1. The van der Waals surface area contributed by atoms with Gasteiger partial charge in [0.15, 0.2) is 0 Å². The molecule has 0 bridgehead atoms. The highest BCUT2D eigenvalue weighted by Gasteiger charge is 2.21. The lowest BCUT2D eigenvalue weighted by Crippen LogP contribution is -2.24. The number of benzene rings is 1. The Morgan fingerprint density at radius 1 is 1.33 bits per heavy atom. The van der Waals surface area contributed by atoms with E-state index in [0.717, 1.165) is 31.0 Å². The first-order chi connectivity index (χ1) is 10.0. The molecule has 118 valence electrons. The fourth-order valence-electron chi connectivity index (χ4n) is 2.58. The second-order valence-electron chi connectivity index (χ2n) is 6.49. The zero-order valence-corrected chi connectivity index (χ0v) is 14.0. The van der Waals surface area contributed by atoms with Crippen molar-refractivity contribution in [1.82, 2.24) is 5.32 Å². The molecule has 1 aliphatic heterocycles. The van der Waals surface area contributed by atoms with E-state index >= 15 is 0 Å². The number of hydrogen-bond acceptors (Lipinski definition) is 3. The summed E-state index contributed by atoms with van der Waals surface area (Å²) in [6.45, 7) is 13.5. The lowest BCUT2D eigenvalue weighted by molar-refractivity contribution is 0.254. The second kappa shape index (κ2) is 7.17. The molecule has 1 N–H and O–H groups in total. The Morgan fingerprint density at radius 2 is 2.10 bits per heavy atom. The van der Waals surface area contributed by atoms with Gasteiger partial charge in [0.05, 0.1) is 6.61 Å². The Bertz CT molecular complexity index is 471. The molecule has 1 aromatic rings. The molecule has 0 aromatic heterocycles. The third-order valence-corrected chi connectivity index (χ3v) is 4.30. The minimum Gasteiger partial charge on any atom is -0.494 e. The highest BCUT2D eigenvalue weighted by atomic mass is 16.5. The summed E-state index contributed by atoms with van der Waals surface area (Å²) in [4.78, 5) is 0. The van der Waals surface area contributed by atoms with Crippen LogP contribution in [0.25, 0.3) is 0 Å². The first-order valence-corrected chi connectivity index (χ1v) is 8.17. The van der Waals surface area contributed by atoms with E-state index in [1.54, 1.807) is 0 Å². The molecule has 0 saturated heterocycles. The Morgan fingerprint density at radius 3 is 2.76 bits per heavy atom.